The van der Waals surface area contributed by atoms with Gasteiger partial charge in [-0.05, 0) is 36.3 Å². The Kier molecular flexibility index (Phi) is 7.78. The number of hydrogen-bond donors (Lipinski definition) is 0. The maximum Gasteiger partial charge on any atom is 0.164 e. The fourth-order valence-corrected chi connectivity index (χ4v) is 36.4. The number of rotatable bonds is 3. The summed E-state index contributed by atoms with van der Waals surface area (Å²) in [5.41, 5.74) is 1.28. The molecule has 0 radical (unpaired) electrons. The van der Waals surface area contributed by atoms with Crippen LogP contribution in [0.1, 0.15) is 125 Å². The molecule has 0 unspecified atom stereocenters. The largest absolute Gasteiger partial charge is 0.420 e. The van der Waals surface area contributed by atoms with Crippen LogP contribution in [-0.2, 0) is 0 Å². The average molecular weight is 492 g/mol. The lowest BCUT2D eigenvalue weighted by molar-refractivity contribution is 0.497. The maximum atomic E-state index is 4.48. The highest BCUT2D eigenvalue weighted by molar-refractivity contribution is 7.08. The van der Waals surface area contributed by atoms with Crippen molar-refractivity contribution in [2.75, 3.05) is 4.23 Å². The van der Waals surface area contributed by atoms with E-state index in [1.165, 1.54) is 5.69 Å². The molecule has 1 rings (SSSR count). The van der Waals surface area contributed by atoms with Crippen LogP contribution in [0.5, 0.6) is 0 Å². The van der Waals surface area contributed by atoms with Crippen LogP contribution in [0.2, 0.25) is 30.2 Å². The second-order valence-corrected chi connectivity index (χ2v) is 29.5. The Balaban J connectivity index is 4.71. The molecule has 0 aromatic carbocycles. The van der Waals surface area contributed by atoms with E-state index >= 15 is 0 Å². The summed E-state index contributed by atoms with van der Waals surface area (Å²) in [6.07, 6.45) is 3.97. The molecular weight excluding hydrogens is 435 g/mol. The van der Waals surface area contributed by atoms with Crippen molar-refractivity contribution in [3.8, 4) is 0 Å². The smallest absolute Gasteiger partial charge is 0.164 e. The van der Waals surface area contributed by atoms with Crippen LogP contribution < -0.4 is 4.23 Å². The average Bonchev–Trinajstić information content (AvgIpc) is 2.47. The summed E-state index contributed by atoms with van der Waals surface area (Å²) < 4.78 is 3.13. The molecule has 0 aliphatic carbocycles. The molecule has 1 aromatic heterocycles. The molecule has 33 heavy (non-hydrogen) atoms. The highest BCUT2D eigenvalue weighted by atomic mass is 28.4. The lowest BCUT2D eigenvalue weighted by Crippen LogP contribution is -2.83. The third kappa shape index (κ3) is 4.50. The van der Waals surface area contributed by atoms with E-state index in [0.717, 1.165) is 0 Å². The standard InChI is InChI=1S/C28H57N3Si2/c1-23(2,3)32(24(4,5)6,25(7,8)9)31(22-19-20-29-30-21-22)33(26(10,11)12,27(13,14)15)28(16,17)18/h19-21H,1-18H3. The number of anilines is 1. The van der Waals surface area contributed by atoms with Gasteiger partial charge >= 0.3 is 0 Å². The van der Waals surface area contributed by atoms with Gasteiger partial charge in [0.05, 0.1) is 12.4 Å². The van der Waals surface area contributed by atoms with Crippen molar-refractivity contribution in [2.45, 2.75) is 155 Å². The van der Waals surface area contributed by atoms with Gasteiger partial charge < -0.3 is 4.23 Å². The molecule has 3 nitrogen and oxygen atoms in total. The van der Waals surface area contributed by atoms with Gasteiger partial charge in [0.2, 0.25) is 0 Å². The van der Waals surface area contributed by atoms with Gasteiger partial charge in [-0.25, -0.2) is 0 Å². The number of hydrogen-bond acceptors (Lipinski definition) is 3. The van der Waals surface area contributed by atoms with Crippen LogP contribution in [0.3, 0.4) is 0 Å². The fraction of sp³-hybridized carbons (Fsp3) is 0.857. The van der Waals surface area contributed by atoms with Gasteiger partial charge in [-0.15, -0.1) is 0 Å². The quantitative estimate of drug-likeness (QED) is 0.394. The van der Waals surface area contributed by atoms with Gasteiger partial charge in [-0.2, -0.15) is 10.2 Å². The zero-order valence-corrected chi connectivity index (χ0v) is 27.6. The first-order chi connectivity index (χ1) is 14.2. The molecule has 0 aliphatic rings. The molecule has 0 saturated carbocycles. The van der Waals surface area contributed by atoms with Crippen molar-refractivity contribution >= 4 is 22.2 Å². The first kappa shape index (κ1) is 30.3. The minimum absolute atomic E-state index is 0.118. The molecule has 0 saturated heterocycles. The molecule has 0 bridgehead atoms. The van der Waals surface area contributed by atoms with Crippen molar-refractivity contribution in [3.05, 3.63) is 18.5 Å². The van der Waals surface area contributed by atoms with E-state index in [0.29, 0.717) is 0 Å². The summed E-state index contributed by atoms with van der Waals surface area (Å²) in [6, 6.07) is 2.25. The Morgan fingerprint density at radius 1 is 0.485 bits per heavy atom. The third-order valence-electron chi connectivity index (χ3n) is 8.01. The minimum Gasteiger partial charge on any atom is -0.420 e. The normalized spacial score (nSPS) is 15.6. The van der Waals surface area contributed by atoms with E-state index in [-0.39, 0.29) is 30.2 Å². The van der Waals surface area contributed by atoms with Gasteiger partial charge in [0.15, 0.2) is 16.5 Å². The molecule has 0 aliphatic heterocycles. The molecule has 0 spiro atoms. The maximum absolute atomic E-state index is 4.48. The van der Waals surface area contributed by atoms with Crippen LogP contribution >= 0.6 is 0 Å². The number of nitrogens with zero attached hydrogens (tertiary/aromatic N) is 3. The van der Waals surface area contributed by atoms with E-state index in [9.17, 15) is 0 Å². The Hall–Kier alpha value is -0.686. The van der Waals surface area contributed by atoms with Crippen molar-refractivity contribution < 1.29 is 0 Å². The van der Waals surface area contributed by atoms with Crippen LogP contribution in [0.15, 0.2) is 18.5 Å². The zero-order chi connectivity index (χ0) is 26.7. The molecule has 1 aromatic rings. The van der Waals surface area contributed by atoms with Crippen LogP contribution in [0, 0.1) is 0 Å². The summed E-state index contributed by atoms with van der Waals surface area (Å²) in [6.45, 7) is 45.3. The summed E-state index contributed by atoms with van der Waals surface area (Å²) >= 11 is 0. The van der Waals surface area contributed by atoms with E-state index in [1.54, 1.807) is 0 Å². The lowest BCUT2D eigenvalue weighted by Gasteiger charge is -2.75. The third-order valence-corrected chi connectivity index (χ3v) is 24.9. The molecule has 192 valence electrons. The number of aromatic nitrogens is 2. The van der Waals surface area contributed by atoms with Gasteiger partial charge in [0.25, 0.3) is 0 Å². The van der Waals surface area contributed by atoms with Crippen LogP contribution in [0.25, 0.3) is 0 Å². The molecule has 0 N–H and O–H groups in total. The topological polar surface area (TPSA) is 29.0 Å². The van der Waals surface area contributed by atoms with Gasteiger partial charge in [-0.1, -0.05) is 125 Å². The molecule has 1 heterocycles. The van der Waals surface area contributed by atoms with E-state index in [1.807, 2.05) is 6.20 Å². The highest BCUT2D eigenvalue weighted by Gasteiger charge is 2.74. The highest BCUT2D eigenvalue weighted by Crippen LogP contribution is 2.72. The SMILES string of the molecule is CC(C)(C)[Si](N(c1ccnnc1)[Si](C(C)(C)C)(C(C)(C)C)C(C)(C)C)(C(C)(C)C)C(C)(C)C. The second-order valence-electron chi connectivity index (χ2n) is 16.4. The van der Waals surface area contributed by atoms with Gasteiger partial charge in [-0.3, -0.25) is 0 Å². The minimum atomic E-state index is -2.41. The van der Waals surface area contributed by atoms with Crippen molar-refractivity contribution in [1.82, 2.24) is 10.2 Å². The molecule has 0 atom stereocenters. The lowest BCUT2D eigenvalue weighted by atomic mass is 10.2. The molecule has 0 amide bonds. The fourth-order valence-electron chi connectivity index (χ4n) is 9.82. The molecule has 0 fully saturated rings. The molecular formula is C28H57N3Si2. The van der Waals surface area contributed by atoms with Crippen molar-refractivity contribution in [1.29, 1.82) is 0 Å². The summed E-state index contributed by atoms with van der Waals surface area (Å²) in [7, 11) is -4.82. The van der Waals surface area contributed by atoms with Gasteiger partial charge in [0, 0.05) is 5.69 Å². The first-order valence-corrected chi connectivity index (χ1v) is 16.7. The van der Waals surface area contributed by atoms with Crippen molar-refractivity contribution in [3.63, 3.8) is 0 Å². The summed E-state index contributed by atoms with van der Waals surface area (Å²) in [5, 5.41) is 9.40. The van der Waals surface area contributed by atoms with Crippen LogP contribution in [-0.4, -0.2) is 26.7 Å². The van der Waals surface area contributed by atoms with Crippen molar-refractivity contribution in [2.24, 2.45) is 0 Å². The summed E-state index contributed by atoms with van der Waals surface area (Å²) in [4.78, 5) is 0. The van der Waals surface area contributed by atoms with Crippen LogP contribution in [0.4, 0.5) is 5.69 Å². The predicted octanol–water partition coefficient (Wildman–Crippen LogP) is 9.97. The Morgan fingerprint density at radius 3 is 0.939 bits per heavy atom. The van der Waals surface area contributed by atoms with E-state index in [2.05, 4.69) is 151 Å². The van der Waals surface area contributed by atoms with Gasteiger partial charge in [0.1, 0.15) is 0 Å². The monoisotopic (exact) mass is 491 g/mol. The predicted molar refractivity (Wildman–Crippen MR) is 154 cm³/mol. The Morgan fingerprint density at radius 2 is 0.758 bits per heavy atom. The van der Waals surface area contributed by atoms with E-state index in [4.69, 9.17) is 0 Å². The second kappa shape index (κ2) is 8.46. The Labute approximate surface area is 209 Å². The Bertz CT molecular complexity index is 668. The summed E-state index contributed by atoms with van der Waals surface area (Å²) in [5.74, 6) is 0. The zero-order valence-electron chi connectivity index (χ0n) is 25.6. The van der Waals surface area contributed by atoms with E-state index < -0.39 is 16.5 Å². The first-order valence-electron chi connectivity index (χ1n) is 12.8. The molecule has 5 heteroatoms.